The summed E-state index contributed by atoms with van der Waals surface area (Å²) in [6.45, 7) is 1.40. The van der Waals surface area contributed by atoms with Crippen molar-refractivity contribution in [1.29, 1.82) is 0 Å². The minimum absolute atomic E-state index is 0.0615. The summed E-state index contributed by atoms with van der Waals surface area (Å²) < 4.78 is 12.8. The van der Waals surface area contributed by atoms with Crippen LogP contribution < -0.4 is 9.47 Å². The van der Waals surface area contributed by atoms with Crippen LogP contribution in [0.15, 0.2) is 36.9 Å². The number of aliphatic hydroxyl groups is 1. The van der Waals surface area contributed by atoms with Crippen molar-refractivity contribution in [2.75, 3.05) is 13.7 Å². The molecule has 0 saturated carbocycles. The summed E-state index contributed by atoms with van der Waals surface area (Å²) in [5.74, 6) is 1.42. The van der Waals surface area contributed by atoms with E-state index in [4.69, 9.17) is 9.47 Å². The lowest BCUT2D eigenvalue weighted by molar-refractivity contribution is 0.258. The molecule has 1 aromatic heterocycles. The van der Waals surface area contributed by atoms with Crippen molar-refractivity contribution < 1.29 is 14.6 Å². The Bertz CT molecular complexity index is 497. The Labute approximate surface area is 112 Å². The Hall–Kier alpha value is -2.01. The van der Waals surface area contributed by atoms with E-state index in [1.165, 1.54) is 0 Å². The molecule has 0 fully saturated rings. The number of aromatic nitrogens is 2. The molecule has 0 unspecified atom stereocenters. The Morgan fingerprint density at radius 3 is 2.95 bits per heavy atom. The van der Waals surface area contributed by atoms with E-state index in [2.05, 4.69) is 4.98 Å². The summed E-state index contributed by atoms with van der Waals surface area (Å²) in [6.07, 6.45) is 6.35. The molecule has 1 heterocycles. The Kier molecular flexibility index (Phi) is 4.80. The van der Waals surface area contributed by atoms with Gasteiger partial charge in [-0.3, -0.25) is 0 Å². The molecule has 0 saturated heterocycles. The molecule has 0 aliphatic heterocycles. The number of rotatable bonds is 7. The van der Waals surface area contributed by atoms with E-state index >= 15 is 0 Å². The molecule has 1 aromatic carbocycles. The number of benzene rings is 1. The van der Waals surface area contributed by atoms with E-state index in [1.807, 2.05) is 22.9 Å². The minimum Gasteiger partial charge on any atom is -0.497 e. The first-order valence-electron chi connectivity index (χ1n) is 6.20. The van der Waals surface area contributed by atoms with Gasteiger partial charge in [0.1, 0.15) is 11.5 Å². The summed E-state index contributed by atoms with van der Waals surface area (Å²) in [5, 5.41) is 9.30. The first kappa shape index (κ1) is 13.4. The van der Waals surface area contributed by atoms with Crippen molar-refractivity contribution in [1.82, 2.24) is 9.55 Å². The van der Waals surface area contributed by atoms with Gasteiger partial charge in [0.15, 0.2) is 0 Å². The van der Waals surface area contributed by atoms with Crippen molar-refractivity contribution in [3.05, 3.63) is 42.5 Å². The van der Waals surface area contributed by atoms with Gasteiger partial charge in [-0.2, -0.15) is 0 Å². The van der Waals surface area contributed by atoms with E-state index < -0.39 is 0 Å². The molecule has 1 N–H and O–H groups in total. The van der Waals surface area contributed by atoms with Gasteiger partial charge in [0.05, 0.1) is 26.7 Å². The zero-order valence-electron chi connectivity index (χ0n) is 11.0. The van der Waals surface area contributed by atoms with Crippen LogP contribution in [0.5, 0.6) is 11.5 Å². The molecule has 0 atom stereocenters. The molecular formula is C14H18N2O3. The van der Waals surface area contributed by atoms with Gasteiger partial charge in [0.2, 0.25) is 0 Å². The highest BCUT2D eigenvalue weighted by Crippen LogP contribution is 2.24. The molecule has 0 aliphatic carbocycles. The first-order chi connectivity index (χ1) is 9.33. The molecule has 0 amide bonds. The van der Waals surface area contributed by atoms with Crippen LogP contribution in [-0.4, -0.2) is 28.4 Å². The second-order valence-electron chi connectivity index (χ2n) is 4.13. The number of aryl methyl sites for hydroxylation is 1. The molecular weight excluding hydrogens is 244 g/mol. The lowest BCUT2D eigenvalue weighted by atomic mass is 10.2. The highest BCUT2D eigenvalue weighted by molar-refractivity contribution is 5.39. The standard InChI is InChI=1S/C14H18N2O3/c1-18-13-3-4-14(12(9-13)10-17)19-8-2-6-16-7-5-15-11-16/h3-5,7,9,11,17H,2,6,8,10H2,1H3. The van der Waals surface area contributed by atoms with Gasteiger partial charge < -0.3 is 19.1 Å². The highest BCUT2D eigenvalue weighted by atomic mass is 16.5. The van der Waals surface area contributed by atoms with Gasteiger partial charge in [-0.05, 0) is 24.6 Å². The lowest BCUT2D eigenvalue weighted by Gasteiger charge is -2.11. The third-order valence-corrected chi connectivity index (χ3v) is 2.82. The Balaban J connectivity index is 1.85. The predicted octanol–water partition coefficient (Wildman–Crippen LogP) is 1.85. The van der Waals surface area contributed by atoms with Gasteiger partial charge in [0, 0.05) is 24.5 Å². The number of hydrogen-bond acceptors (Lipinski definition) is 4. The summed E-state index contributed by atoms with van der Waals surface area (Å²) >= 11 is 0. The van der Waals surface area contributed by atoms with Gasteiger partial charge in [0.25, 0.3) is 0 Å². The average Bonchev–Trinajstić information content (AvgIpc) is 2.96. The maximum absolute atomic E-state index is 9.30. The van der Waals surface area contributed by atoms with Crippen molar-refractivity contribution in [2.45, 2.75) is 19.6 Å². The SMILES string of the molecule is COc1ccc(OCCCn2ccnc2)c(CO)c1. The number of ether oxygens (including phenoxy) is 2. The lowest BCUT2D eigenvalue weighted by Crippen LogP contribution is -2.04. The number of aliphatic hydroxyl groups excluding tert-OH is 1. The summed E-state index contributed by atoms with van der Waals surface area (Å²) in [7, 11) is 1.60. The van der Waals surface area contributed by atoms with Crippen molar-refractivity contribution in [3.8, 4) is 11.5 Å². The smallest absolute Gasteiger partial charge is 0.125 e. The average molecular weight is 262 g/mol. The van der Waals surface area contributed by atoms with Gasteiger partial charge in [-0.25, -0.2) is 4.98 Å². The van der Waals surface area contributed by atoms with Gasteiger partial charge in [-0.1, -0.05) is 0 Å². The van der Waals surface area contributed by atoms with Crippen molar-refractivity contribution in [2.24, 2.45) is 0 Å². The van der Waals surface area contributed by atoms with Crippen LogP contribution in [0, 0.1) is 0 Å². The van der Waals surface area contributed by atoms with E-state index in [1.54, 1.807) is 25.7 Å². The maximum atomic E-state index is 9.30. The zero-order valence-corrected chi connectivity index (χ0v) is 11.0. The third-order valence-electron chi connectivity index (χ3n) is 2.82. The van der Waals surface area contributed by atoms with E-state index in [9.17, 15) is 5.11 Å². The van der Waals surface area contributed by atoms with E-state index in [0.717, 1.165) is 24.3 Å². The first-order valence-corrected chi connectivity index (χ1v) is 6.20. The molecule has 19 heavy (non-hydrogen) atoms. The molecule has 0 aliphatic rings. The largest absolute Gasteiger partial charge is 0.497 e. The summed E-state index contributed by atoms with van der Waals surface area (Å²) in [5.41, 5.74) is 0.738. The normalized spacial score (nSPS) is 10.4. The molecule has 5 nitrogen and oxygen atoms in total. The molecule has 0 spiro atoms. The molecule has 2 rings (SSSR count). The Morgan fingerprint density at radius 1 is 1.37 bits per heavy atom. The zero-order chi connectivity index (χ0) is 13.5. The van der Waals surface area contributed by atoms with E-state index in [0.29, 0.717) is 12.4 Å². The second kappa shape index (κ2) is 6.80. The molecule has 102 valence electrons. The topological polar surface area (TPSA) is 56.5 Å². The maximum Gasteiger partial charge on any atom is 0.125 e. The fourth-order valence-corrected chi connectivity index (χ4v) is 1.80. The van der Waals surface area contributed by atoms with Crippen LogP contribution in [0.1, 0.15) is 12.0 Å². The fourth-order valence-electron chi connectivity index (χ4n) is 1.80. The minimum atomic E-state index is -0.0615. The monoisotopic (exact) mass is 262 g/mol. The molecule has 0 radical (unpaired) electrons. The van der Waals surface area contributed by atoms with Crippen LogP contribution in [0.3, 0.4) is 0 Å². The second-order valence-corrected chi connectivity index (χ2v) is 4.13. The van der Waals surface area contributed by atoms with Gasteiger partial charge in [-0.15, -0.1) is 0 Å². The quantitative estimate of drug-likeness (QED) is 0.774. The van der Waals surface area contributed by atoms with Crippen LogP contribution >= 0.6 is 0 Å². The van der Waals surface area contributed by atoms with Crippen LogP contribution in [0.4, 0.5) is 0 Å². The summed E-state index contributed by atoms with van der Waals surface area (Å²) in [4.78, 5) is 3.98. The van der Waals surface area contributed by atoms with Gasteiger partial charge >= 0.3 is 0 Å². The van der Waals surface area contributed by atoms with Crippen molar-refractivity contribution in [3.63, 3.8) is 0 Å². The highest BCUT2D eigenvalue weighted by Gasteiger charge is 2.04. The van der Waals surface area contributed by atoms with Crippen LogP contribution in [0.2, 0.25) is 0 Å². The molecule has 0 bridgehead atoms. The number of methoxy groups -OCH3 is 1. The molecule has 2 aromatic rings. The Morgan fingerprint density at radius 2 is 2.26 bits per heavy atom. The van der Waals surface area contributed by atoms with Crippen molar-refractivity contribution >= 4 is 0 Å². The predicted molar refractivity (Wildman–Crippen MR) is 71.3 cm³/mol. The fraction of sp³-hybridized carbons (Fsp3) is 0.357. The number of hydrogen-bond donors (Lipinski definition) is 1. The van der Waals surface area contributed by atoms with E-state index in [-0.39, 0.29) is 6.61 Å². The summed E-state index contributed by atoms with van der Waals surface area (Å²) in [6, 6.07) is 5.43. The van der Waals surface area contributed by atoms with Crippen LogP contribution in [-0.2, 0) is 13.2 Å². The van der Waals surface area contributed by atoms with Crippen LogP contribution in [0.25, 0.3) is 0 Å². The third kappa shape index (κ3) is 3.72. The molecule has 5 heteroatoms. The number of nitrogens with zero attached hydrogens (tertiary/aromatic N) is 2. The number of imidazole rings is 1.